The van der Waals surface area contributed by atoms with E-state index >= 15 is 0 Å². The molecule has 1 saturated carbocycles. The summed E-state index contributed by atoms with van der Waals surface area (Å²) in [7, 11) is 0. The van der Waals surface area contributed by atoms with Crippen LogP contribution >= 0.6 is 0 Å². The highest BCUT2D eigenvalue weighted by Gasteiger charge is 2.23. The van der Waals surface area contributed by atoms with Gasteiger partial charge in [-0.1, -0.05) is 26.8 Å². The second kappa shape index (κ2) is 5.52. The molecule has 4 nitrogen and oxygen atoms in total. The first-order valence-corrected chi connectivity index (χ1v) is 8.25. The summed E-state index contributed by atoms with van der Waals surface area (Å²) in [6, 6.07) is 6.25. The molecule has 122 valence electrons. The molecule has 23 heavy (non-hydrogen) atoms. The van der Waals surface area contributed by atoms with E-state index in [0.29, 0.717) is 17.2 Å². The largest absolute Gasteiger partial charge is 0.368 e. The Morgan fingerprint density at radius 3 is 2.48 bits per heavy atom. The van der Waals surface area contributed by atoms with Gasteiger partial charge < -0.3 is 10.3 Å². The second-order valence-corrected chi connectivity index (χ2v) is 7.54. The number of aromatic nitrogens is 1. The third kappa shape index (κ3) is 2.90. The number of aromatic amines is 1. The summed E-state index contributed by atoms with van der Waals surface area (Å²) < 4.78 is 0. The van der Waals surface area contributed by atoms with Crippen molar-refractivity contribution in [2.75, 3.05) is 5.32 Å². The molecule has 1 aliphatic carbocycles. The lowest BCUT2D eigenvalue weighted by atomic mass is 9.86. The first-order chi connectivity index (χ1) is 10.8. The van der Waals surface area contributed by atoms with Gasteiger partial charge in [0.2, 0.25) is 5.43 Å². The molecule has 2 N–H and O–H groups in total. The summed E-state index contributed by atoms with van der Waals surface area (Å²) in [6.45, 7) is 7.79. The van der Waals surface area contributed by atoms with Crippen LogP contribution in [0.3, 0.4) is 0 Å². The second-order valence-electron chi connectivity index (χ2n) is 7.54. The number of hydrogen-bond acceptors (Lipinski definition) is 3. The quantitative estimate of drug-likeness (QED) is 0.842. The molecule has 1 fully saturated rings. The van der Waals surface area contributed by atoms with Crippen molar-refractivity contribution >= 4 is 22.5 Å². The number of rotatable bonds is 3. The molecule has 4 heteroatoms. The van der Waals surface area contributed by atoms with Gasteiger partial charge in [-0.3, -0.25) is 9.59 Å². The molecule has 0 spiro atoms. The van der Waals surface area contributed by atoms with Crippen LogP contribution in [0.5, 0.6) is 0 Å². The molecular weight excluding hydrogens is 288 g/mol. The molecule has 1 aromatic carbocycles. The molecule has 0 amide bonds. The lowest BCUT2D eigenvalue weighted by Crippen LogP contribution is -2.30. The number of H-pyrrole nitrogens is 1. The van der Waals surface area contributed by atoms with Crippen LogP contribution in [0.25, 0.3) is 10.9 Å². The van der Waals surface area contributed by atoms with E-state index in [0.717, 1.165) is 23.9 Å². The van der Waals surface area contributed by atoms with Gasteiger partial charge in [-0.2, -0.15) is 0 Å². The van der Waals surface area contributed by atoms with E-state index in [2.05, 4.69) is 31.1 Å². The van der Waals surface area contributed by atoms with Crippen molar-refractivity contribution in [1.82, 2.24) is 4.98 Å². The van der Waals surface area contributed by atoms with Gasteiger partial charge in [0.15, 0.2) is 5.78 Å². The van der Waals surface area contributed by atoms with Gasteiger partial charge in [-0.15, -0.1) is 0 Å². The Morgan fingerprint density at radius 1 is 1.26 bits per heavy atom. The zero-order valence-electron chi connectivity index (χ0n) is 14.2. The van der Waals surface area contributed by atoms with Gasteiger partial charge in [0.05, 0.1) is 5.52 Å². The van der Waals surface area contributed by atoms with E-state index in [-0.39, 0.29) is 22.2 Å². The van der Waals surface area contributed by atoms with Gasteiger partial charge in [-0.25, -0.2) is 0 Å². The van der Waals surface area contributed by atoms with Crippen LogP contribution in [0.15, 0.2) is 23.0 Å². The van der Waals surface area contributed by atoms with Crippen LogP contribution < -0.4 is 10.7 Å². The molecular formula is C19H24N2O2. The van der Waals surface area contributed by atoms with Crippen molar-refractivity contribution in [2.45, 2.75) is 58.4 Å². The molecule has 0 bridgehead atoms. The Balaban J connectivity index is 2.20. The summed E-state index contributed by atoms with van der Waals surface area (Å²) in [5.74, 6) is 0.374. The number of pyridine rings is 1. The fourth-order valence-electron chi connectivity index (χ4n) is 2.95. The molecule has 1 aromatic heterocycles. The fraction of sp³-hybridized carbons (Fsp3) is 0.474. The topological polar surface area (TPSA) is 62.0 Å². The highest BCUT2D eigenvalue weighted by molar-refractivity contribution is 6.02. The lowest BCUT2D eigenvalue weighted by molar-refractivity contribution is 0.101. The Hall–Kier alpha value is -2.10. The number of carbonyl (C=O) groups is 1. The fourth-order valence-corrected chi connectivity index (χ4v) is 2.95. The third-order valence-electron chi connectivity index (χ3n) is 4.67. The molecule has 1 aliphatic rings. The van der Waals surface area contributed by atoms with Gasteiger partial charge in [0.1, 0.15) is 11.4 Å². The third-order valence-corrected chi connectivity index (χ3v) is 4.67. The van der Waals surface area contributed by atoms with Crippen molar-refractivity contribution in [2.24, 2.45) is 0 Å². The maximum atomic E-state index is 12.9. The Kier molecular flexibility index (Phi) is 3.78. The van der Waals surface area contributed by atoms with Gasteiger partial charge in [-0.05, 0) is 49.3 Å². The highest BCUT2D eigenvalue weighted by atomic mass is 16.1. The van der Waals surface area contributed by atoms with Gasteiger partial charge >= 0.3 is 0 Å². The van der Waals surface area contributed by atoms with E-state index in [1.165, 1.54) is 13.3 Å². The van der Waals surface area contributed by atoms with E-state index in [9.17, 15) is 9.59 Å². The summed E-state index contributed by atoms with van der Waals surface area (Å²) in [6.07, 6.45) is 3.36. The average Bonchev–Trinajstić information content (AvgIpc) is 2.41. The van der Waals surface area contributed by atoms with Crippen LogP contribution in [0.4, 0.5) is 5.82 Å². The first-order valence-electron chi connectivity index (χ1n) is 8.25. The van der Waals surface area contributed by atoms with Gasteiger partial charge in [0, 0.05) is 11.4 Å². The van der Waals surface area contributed by atoms with Gasteiger partial charge in [0.25, 0.3) is 0 Å². The highest BCUT2D eigenvalue weighted by Crippen LogP contribution is 2.27. The van der Waals surface area contributed by atoms with Crippen molar-refractivity contribution in [3.63, 3.8) is 0 Å². The number of hydrogen-bond donors (Lipinski definition) is 2. The number of Topliss-reactive ketones (excluding diaryl/α,β-unsaturated/α-hetero) is 1. The van der Waals surface area contributed by atoms with E-state index in [1.54, 1.807) is 0 Å². The predicted molar refractivity (Wildman–Crippen MR) is 94.5 cm³/mol. The number of ketones is 1. The molecule has 0 radical (unpaired) electrons. The maximum absolute atomic E-state index is 12.9. The van der Waals surface area contributed by atoms with Crippen molar-refractivity contribution < 1.29 is 4.79 Å². The van der Waals surface area contributed by atoms with E-state index in [1.807, 2.05) is 18.2 Å². The molecule has 0 aliphatic heterocycles. The summed E-state index contributed by atoms with van der Waals surface area (Å²) >= 11 is 0. The van der Waals surface area contributed by atoms with Crippen LogP contribution in [-0.2, 0) is 5.41 Å². The van der Waals surface area contributed by atoms with Crippen LogP contribution in [0, 0.1) is 0 Å². The monoisotopic (exact) mass is 312 g/mol. The van der Waals surface area contributed by atoms with E-state index < -0.39 is 0 Å². The molecule has 0 unspecified atom stereocenters. The number of benzene rings is 1. The number of carbonyl (C=O) groups excluding carboxylic acids is 1. The Morgan fingerprint density at radius 2 is 1.96 bits per heavy atom. The normalized spacial score (nSPS) is 15.5. The van der Waals surface area contributed by atoms with Crippen molar-refractivity contribution in [1.29, 1.82) is 0 Å². The molecule has 3 rings (SSSR count). The van der Waals surface area contributed by atoms with E-state index in [4.69, 9.17) is 0 Å². The average molecular weight is 312 g/mol. The Labute approximate surface area is 136 Å². The standard InChI is InChI=1S/C19H24N2O2/c1-11(22)16-17(23)14-10-12(19(2,3)4)8-9-15(14)21-18(16)20-13-6-5-7-13/h8-10,13H,5-7H2,1-4H3,(H2,20,21,23). The maximum Gasteiger partial charge on any atom is 0.202 e. The molecule has 0 saturated heterocycles. The molecule has 2 aromatic rings. The minimum atomic E-state index is -0.198. The minimum Gasteiger partial charge on any atom is -0.368 e. The van der Waals surface area contributed by atoms with Crippen LogP contribution in [0.1, 0.15) is 62.9 Å². The van der Waals surface area contributed by atoms with Crippen molar-refractivity contribution in [3.8, 4) is 0 Å². The molecule has 0 atom stereocenters. The summed E-state index contributed by atoms with van der Waals surface area (Å²) in [5.41, 5.74) is 1.88. The van der Waals surface area contributed by atoms with Crippen molar-refractivity contribution in [3.05, 3.63) is 39.5 Å². The number of nitrogens with one attached hydrogen (secondary N) is 2. The SMILES string of the molecule is CC(=O)c1c(NC2CCC2)[nH]c2ccc(C(C)(C)C)cc2c1=O. The Bertz CT molecular complexity index is 824. The first kappa shape index (κ1) is 15.8. The van der Waals surface area contributed by atoms with Crippen LogP contribution in [0.2, 0.25) is 0 Å². The zero-order valence-corrected chi connectivity index (χ0v) is 14.2. The predicted octanol–water partition coefficient (Wildman–Crippen LogP) is 3.99. The van der Waals surface area contributed by atoms with Crippen LogP contribution in [-0.4, -0.2) is 16.8 Å². The lowest BCUT2D eigenvalue weighted by Gasteiger charge is -2.28. The zero-order chi connectivity index (χ0) is 16.8. The minimum absolute atomic E-state index is 0.0418. The number of fused-ring (bicyclic) bond motifs is 1. The summed E-state index contributed by atoms with van der Waals surface area (Å²) in [4.78, 5) is 28.2. The summed E-state index contributed by atoms with van der Waals surface area (Å²) in [5, 5.41) is 3.91. The number of anilines is 1. The molecule has 1 heterocycles. The smallest absolute Gasteiger partial charge is 0.202 e.